The number of ether oxygens (including phenoxy) is 2. The zero-order valence-electron chi connectivity index (χ0n) is 26.9. The maximum absolute atomic E-state index is 14.4. The molecule has 244 valence electrons. The van der Waals surface area contributed by atoms with Crippen LogP contribution in [0.15, 0.2) is 135 Å². The number of imidazole rings is 2. The van der Waals surface area contributed by atoms with E-state index in [2.05, 4.69) is 20.6 Å². The molecule has 0 spiro atoms. The van der Waals surface area contributed by atoms with Crippen molar-refractivity contribution in [2.24, 2.45) is 0 Å². The molecule has 0 amide bonds. The van der Waals surface area contributed by atoms with Gasteiger partial charge in [0.05, 0.1) is 12.7 Å². The molecule has 0 radical (unpaired) electrons. The summed E-state index contributed by atoms with van der Waals surface area (Å²) in [6.45, 7) is 4.64. The minimum atomic E-state index is -0.0191. The molecule has 6 aromatic rings. The van der Waals surface area contributed by atoms with Crippen molar-refractivity contribution in [2.75, 3.05) is 26.2 Å². The van der Waals surface area contributed by atoms with Crippen molar-refractivity contribution in [3.05, 3.63) is 157 Å². The van der Waals surface area contributed by atoms with Gasteiger partial charge in [0.25, 0.3) is 0 Å². The number of rotatable bonds is 18. The lowest BCUT2D eigenvalue weighted by Gasteiger charge is -2.16. The summed E-state index contributed by atoms with van der Waals surface area (Å²) < 4.78 is 16.4. The average Bonchev–Trinajstić information content (AvgIpc) is 3.84. The summed E-state index contributed by atoms with van der Waals surface area (Å²) in [7, 11) is 0. The van der Waals surface area contributed by atoms with Crippen molar-refractivity contribution < 1.29 is 14.3 Å². The SMILES string of the molecule is O=C(c1ccc(Oc2ccccc2)cc1CCNCCn1ccnc1)c1ccc(Oc2ccccc2)cc1CCNCCn1ccnc1. The van der Waals surface area contributed by atoms with E-state index in [1.165, 1.54) is 0 Å². The van der Waals surface area contributed by atoms with Crippen LogP contribution in [-0.4, -0.2) is 51.1 Å². The van der Waals surface area contributed by atoms with Gasteiger partial charge >= 0.3 is 0 Å². The van der Waals surface area contributed by atoms with Gasteiger partial charge in [0.15, 0.2) is 5.78 Å². The van der Waals surface area contributed by atoms with E-state index in [4.69, 9.17) is 9.47 Å². The number of hydrogen-bond acceptors (Lipinski definition) is 7. The second-order valence-corrected chi connectivity index (χ2v) is 11.4. The summed E-state index contributed by atoms with van der Waals surface area (Å²) in [5.41, 5.74) is 3.19. The summed E-state index contributed by atoms with van der Waals surface area (Å²) in [5, 5.41) is 7.02. The van der Waals surface area contributed by atoms with Crippen LogP contribution >= 0.6 is 0 Å². The zero-order chi connectivity index (χ0) is 32.8. The van der Waals surface area contributed by atoms with E-state index < -0.39 is 0 Å². The second-order valence-electron chi connectivity index (χ2n) is 11.4. The van der Waals surface area contributed by atoms with E-state index in [1.54, 1.807) is 12.4 Å². The third-order valence-corrected chi connectivity index (χ3v) is 7.95. The van der Waals surface area contributed by atoms with Crippen molar-refractivity contribution in [2.45, 2.75) is 25.9 Å². The molecule has 2 N–H and O–H groups in total. The second kappa shape index (κ2) is 16.9. The molecule has 9 nitrogen and oxygen atoms in total. The third kappa shape index (κ3) is 9.28. The molecular weight excluding hydrogens is 600 g/mol. The first-order chi connectivity index (χ1) is 23.7. The van der Waals surface area contributed by atoms with Crippen molar-refractivity contribution in [1.29, 1.82) is 0 Å². The molecule has 2 aromatic heterocycles. The topological polar surface area (TPSA) is 95.2 Å². The maximum Gasteiger partial charge on any atom is 0.193 e. The Hall–Kier alpha value is -5.51. The van der Waals surface area contributed by atoms with Gasteiger partial charge in [-0.25, -0.2) is 9.97 Å². The van der Waals surface area contributed by atoms with Crippen LogP contribution in [-0.2, 0) is 25.9 Å². The Balaban J connectivity index is 1.21. The van der Waals surface area contributed by atoms with Crippen molar-refractivity contribution in [3.8, 4) is 23.0 Å². The summed E-state index contributed by atoms with van der Waals surface area (Å²) in [4.78, 5) is 22.6. The quantitative estimate of drug-likeness (QED) is 0.0812. The number of aromatic nitrogens is 4. The van der Waals surface area contributed by atoms with Crippen LogP contribution in [0.25, 0.3) is 0 Å². The Morgan fingerprint density at radius 3 is 1.44 bits per heavy atom. The van der Waals surface area contributed by atoms with Crippen molar-refractivity contribution in [3.63, 3.8) is 0 Å². The number of carbonyl (C=O) groups is 1. The molecule has 0 atom stereocenters. The Labute approximate surface area is 281 Å². The molecule has 2 heterocycles. The number of carbonyl (C=O) groups excluding carboxylic acids is 1. The molecule has 48 heavy (non-hydrogen) atoms. The standard InChI is InChI=1S/C39H40N6O3/c46-39(37-13-11-35(47-33-7-3-1-4-8-33)27-31(37)15-17-40-19-23-44-25-21-42-29-44)38-14-12-36(48-34-9-5-2-6-10-34)28-32(38)16-18-41-20-24-45-26-22-43-30-45/h1-14,21-22,25-30,40-41H,15-20,23-24H2. The molecule has 0 bridgehead atoms. The molecule has 0 aliphatic heterocycles. The number of benzene rings is 4. The lowest BCUT2D eigenvalue weighted by atomic mass is 9.92. The van der Waals surface area contributed by atoms with E-state index in [0.29, 0.717) is 48.6 Å². The Morgan fingerprint density at radius 2 is 1.02 bits per heavy atom. The third-order valence-electron chi connectivity index (χ3n) is 7.95. The number of para-hydroxylation sites is 2. The van der Waals surface area contributed by atoms with E-state index in [1.807, 2.05) is 131 Å². The molecule has 0 saturated heterocycles. The number of nitrogens with zero attached hydrogens (tertiary/aromatic N) is 4. The highest BCUT2D eigenvalue weighted by Gasteiger charge is 2.19. The van der Waals surface area contributed by atoms with Crippen LogP contribution in [0.4, 0.5) is 0 Å². The first kappa shape index (κ1) is 32.4. The van der Waals surface area contributed by atoms with Gasteiger partial charge < -0.3 is 29.2 Å². The van der Waals surface area contributed by atoms with Crippen LogP contribution < -0.4 is 20.1 Å². The highest BCUT2D eigenvalue weighted by Crippen LogP contribution is 2.29. The van der Waals surface area contributed by atoms with E-state index in [-0.39, 0.29) is 5.78 Å². The minimum absolute atomic E-state index is 0.0191. The highest BCUT2D eigenvalue weighted by molar-refractivity contribution is 6.11. The van der Waals surface area contributed by atoms with Crippen LogP contribution in [0.2, 0.25) is 0 Å². The van der Waals surface area contributed by atoms with E-state index in [0.717, 1.165) is 48.8 Å². The summed E-state index contributed by atoms with van der Waals surface area (Å²) in [6, 6.07) is 30.9. The van der Waals surface area contributed by atoms with Crippen LogP contribution in [0.5, 0.6) is 23.0 Å². The lowest BCUT2D eigenvalue weighted by Crippen LogP contribution is -2.23. The van der Waals surface area contributed by atoms with Crippen molar-refractivity contribution >= 4 is 5.78 Å². The number of ketones is 1. The average molecular weight is 641 g/mol. The summed E-state index contributed by atoms with van der Waals surface area (Å²) in [5.74, 6) is 2.87. The molecule has 0 aliphatic carbocycles. The largest absolute Gasteiger partial charge is 0.457 e. The smallest absolute Gasteiger partial charge is 0.193 e. The van der Waals surface area contributed by atoms with Gasteiger partial charge in [-0.15, -0.1) is 0 Å². The molecular formula is C39H40N6O3. The van der Waals surface area contributed by atoms with Gasteiger partial charge in [-0.1, -0.05) is 36.4 Å². The molecule has 9 heteroatoms. The van der Waals surface area contributed by atoms with Gasteiger partial charge in [0.2, 0.25) is 0 Å². The fraction of sp³-hybridized carbons (Fsp3) is 0.205. The summed E-state index contributed by atoms with van der Waals surface area (Å²) >= 11 is 0. The molecule has 0 aliphatic rings. The van der Waals surface area contributed by atoms with Crippen LogP contribution in [0.3, 0.4) is 0 Å². The predicted molar refractivity (Wildman–Crippen MR) is 187 cm³/mol. The Morgan fingerprint density at radius 1 is 0.562 bits per heavy atom. The van der Waals surface area contributed by atoms with Gasteiger partial charge in [-0.05, 0) is 97.7 Å². The van der Waals surface area contributed by atoms with Crippen molar-refractivity contribution in [1.82, 2.24) is 29.7 Å². The van der Waals surface area contributed by atoms with E-state index in [9.17, 15) is 4.79 Å². The maximum atomic E-state index is 14.4. The van der Waals surface area contributed by atoms with Gasteiger partial charge in [-0.2, -0.15) is 0 Å². The van der Waals surface area contributed by atoms with Gasteiger partial charge in [0, 0.05) is 62.1 Å². The number of hydrogen-bond donors (Lipinski definition) is 2. The Kier molecular flexibility index (Phi) is 11.4. The fourth-order valence-corrected chi connectivity index (χ4v) is 5.47. The molecule has 4 aromatic carbocycles. The molecule has 6 rings (SSSR count). The molecule has 0 fully saturated rings. The predicted octanol–water partition coefficient (Wildman–Crippen LogP) is 6.56. The molecule has 0 unspecified atom stereocenters. The fourth-order valence-electron chi connectivity index (χ4n) is 5.47. The number of nitrogens with one attached hydrogen (secondary N) is 2. The molecule has 0 saturated carbocycles. The minimum Gasteiger partial charge on any atom is -0.457 e. The van der Waals surface area contributed by atoms with Gasteiger partial charge in [-0.3, -0.25) is 4.79 Å². The van der Waals surface area contributed by atoms with Gasteiger partial charge in [0.1, 0.15) is 23.0 Å². The highest BCUT2D eigenvalue weighted by atomic mass is 16.5. The Bertz CT molecular complexity index is 1710. The normalized spacial score (nSPS) is 11.0. The monoisotopic (exact) mass is 640 g/mol. The van der Waals surface area contributed by atoms with E-state index >= 15 is 0 Å². The first-order valence-corrected chi connectivity index (χ1v) is 16.3. The summed E-state index contributed by atoms with van der Waals surface area (Å²) in [6.07, 6.45) is 12.4. The first-order valence-electron chi connectivity index (χ1n) is 16.3. The lowest BCUT2D eigenvalue weighted by molar-refractivity contribution is 0.103. The van der Waals surface area contributed by atoms with Crippen LogP contribution in [0.1, 0.15) is 27.0 Å². The van der Waals surface area contributed by atoms with Crippen LogP contribution in [0, 0.1) is 0 Å². The zero-order valence-corrected chi connectivity index (χ0v) is 26.9.